The van der Waals surface area contributed by atoms with Gasteiger partial charge in [-0.15, -0.1) is 0 Å². The van der Waals surface area contributed by atoms with Gasteiger partial charge in [-0.1, -0.05) is 266 Å². The molecule has 0 aromatic rings. The van der Waals surface area contributed by atoms with Gasteiger partial charge in [0.2, 0.25) is 0 Å². The molecule has 5 atom stereocenters. The third-order valence-corrected chi connectivity index (χ3v) is 16.4. The minimum Gasteiger partial charge on any atom is -0.462 e. The van der Waals surface area contributed by atoms with Gasteiger partial charge < -0.3 is 33.8 Å². The Morgan fingerprint density at radius 1 is 0.329 bits per heavy atom. The maximum Gasteiger partial charge on any atom is 0.472 e. The molecule has 3 N–H and O–H groups in total. The van der Waals surface area contributed by atoms with Crippen molar-refractivity contribution in [2.24, 2.45) is 5.92 Å². The lowest BCUT2D eigenvalue weighted by atomic mass is 10.0. The van der Waals surface area contributed by atoms with Crippen LogP contribution in [0.3, 0.4) is 0 Å². The van der Waals surface area contributed by atoms with Crippen LogP contribution in [0.15, 0.2) is 0 Å². The first-order valence-electron chi connectivity index (χ1n) is 33.1. The first-order valence-corrected chi connectivity index (χ1v) is 36.1. The van der Waals surface area contributed by atoms with E-state index in [1.807, 2.05) is 0 Å². The van der Waals surface area contributed by atoms with Gasteiger partial charge in [-0.05, 0) is 31.6 Å². The van der Waals surface area contributed by atoms with E-state index in [1.165, 1.54) is 128 Å². The number of hydrogen-bond donors (Lipinski definition) is 3. The van der Waals surface area contributed by atoms with Crippen molar-refractivity contribution in [1.29, 1.82) is 0 Å². The van der Waals surface area contributed by atoms with E-state index >= 15 is 0 Å². The Balaban J connectivity index is 5.21. The Hall–Kier alpha value is -1.94. The summed E-state index contributed by atoms with van der Waals surface area (Å²) in [5, 5.41) is 10.5. The van der Waals surface area contributed by atoms with Crippen LogP contribution in [0.4, 0.5) is 0 Å². The molecule has 0 bridgehead atoms. The van der Waals surface area contributed by atoms with Crippen molar-refractivity contribution in [3.8, 4) is 0 Å². The summed E-state index contributed by atoms with van der Waals surface area (Å²) in [6.45, 7) is 7.13. The summed E-state index contributed by atoms with van der Waals surface area (Å²) >= 11 is 0. The third kappa shape index (κ3) is 57.2. The van der Waals surface area contributed by atoms with Crippen LogP contribution in [-0.4, -0.2) is 96.7 Å². The van der Waals surface area contributed by atoms with Crippen LogP contribution in [0, 0.1) is 5.92 Å². The Morgan fingerprint density at radius 3 is 0.829 bits per heavy atom. The standard InChI is InChI=1S/C63H122O17P2/c1-6-9-12-15-18-21-22-23-24-28-33-37-42-47-61(66)74-53-59(80-63(68)49-44-39-34-29-26-25-27-30-35-40-45-56(4)5)55-78-82(71,72)76-51-57(64)50-75-81(69,70)77-54-58(79-62(67)48-43-38-32-20-17-14-11-8-3)52-73-60(65)46-41-36-31-19-16-13-10-7-2/h56-59,64H,6-55H2,1-5H3,(H,69,70)(H,71,72)/t57-,58+,59+/m0/s1. The smallest absolute Gasteiger partial charge is 0.462 e. The molecule has 0 aliphatic carbocycles. The van der Waals surface area contributed by atoms with Gasteiger partial charge in [0.1, 0.15) is 19.3 Å². The zero-order valence-electron chi connectivity index (χ0n) is 52.6. The van der Waals surface area contributed by atoms with Crippen LogP contribution < -0.4 is 0 Å². The van der Waals surface area contributed by atoms with E-state index in [1.54, 1.807) is 0 Å². The molecule has 82 heavy (non-hydrogen) atoms. The average molecular weight is 1210 g/mol. The van der Waals surface area contributed by atoms with Gasteiger partial charge in [-0.2, -0.15) is 0 Å². The molecule has 0 fully saturated rings. The number of aliphatic hydroxyl groups is 1. The predicted molar refractivity (Wildman–Crippen MR) is 326 cm³/mol. The van der Waals surface area contributed by atoms with E-state index in [4.69, 9.17) is 37.0 Å². The molecule has 0 aliphatic heterocycles. The van der Waals surface area contributed by atoms with E-state index < -0.39 is 97.5 Å². The van der Waals surface area contributed by atoms with Crippen LogP contribution in [0.1, 0.15) is 317 Å². The summed E-state index contributed by atoms with van der Waals surface area (Å²) in [5.74, 6) is -1.39. The number of aliphatic hydroxyl groups excluding tert-OH is 1. The van der Waals surface area contributed by atoms with E-state index in [0.717, 1.165) is 109 Å². The summed E-state index contributed by atoms with van der Waals surface area (Å²) in [5.41, 5.74) is 0. The monoisotopic (exact) mass is 1210 g/mol. The molecule has 0 saturated heterocycles. The molecule has 0 spiro atoms. The van der Waals surface area contributed by atoms with Gasteiger partial charge in [0.25, 0.3) is 0 Å². The van der Waals surface area contributed by atoms with Crippen LogP contribution in [0.25, 0.3) is 0 Å². The summed E-state index contributed by atoms with van der Waals surface area (Å²) in [6.07, 6.45) is 40.3. The Morgan fingerprint density at radius 2 is 0.561 bits per heavy atom. The lowest BCUT2D eigenvalue weighted by Gasteiger charge is -2.21. The van der Waals surface area contributed by atoms with Gasteiger partial charge >= 0.3 is 39.5 Å². The molecule has 0 amide bonds. The number of esters is 4. The Kier molecular flexibility index (Phi) is 55.5. The van der Waals surface area contributed by atoms with Crippen molar-refractivity contribution in [1.82, 2.24) is 0 Å². The van der Waals surface area contributed by atoms with Crippen molar-refractivity contribution in [2.45, 2.75) is 335 Å². The highest BCUT2D eigenvalue weighted by atomic mass is 31.2. The number of carbonyl (C=O) groups is 4. The summed E-state index contributed by atoms with van der Waals surface area (Å²) in [7, 11) is -9.88. The first-order chi connectivity index (χ1) is 39.5. The summed E-state index contributed by atoms with van der Waals surface area (Å²) in [4.78, 5) is 72.0. The molecular formula is C63H122O17P2. The highest BCUT2D eigenvalue weighted by Gasteiger charge is 2.30. The fourth-order valence-corrected chi connectivity index (χ4v) is 11.0. The van der Waals surface area contributed by atoms with E-state index in [-0.39, 0.29) is 25.7 Å². The van der Waals surface area contributed by atoms with Gasteiger partial charge in [0.15, 0.2) is 12.2 Å². The molecule has 17 nitrogen and oxygen atoms in total. The van der Waals surface area contributed by atoms with Crippen molar-refractivity contribution in [2.75, 3.05) is 39.6 Å². The molecule has 0 radical (unpaired) electrons. The summed E-state index contributed by atoms with van der Waals surface area (Å²) in [6, 6.07) is 0. The number of phosphoric ester groups is 2. The minimum atomic E-state index is -4.94. The summed E-state index contributed by atoms with van der Waals surface area (Å²) < 4.78 is 67.8. The average Bonchev–Trinajstić information content (AvgIpc) is 3.44. The lowest BCUT2D eigenvalue weighted by Crippen LogP contribution is -2.30. The fourth-order valence-electron chi connectivity index (χ4n) is 9.41. The van der Waals surface area contributed by atoms with E-state index in [2.05, 4.69) is 34.6 Å². The van der Waals surface area contributed by atoms with Gasteiger partial charge in [-0.25, -0.2) is 9.13 Å². The number of ether oxygens (including phenoxy) is 4. The number of rotatable bonds is 63. The van der Waals surface area contributed by atoms with Crippen LogP contribution in [-0.2, 0) is 65.4 Å². The molecule has 0 aliphatic rings. The molecule has 0 aromatic heterocycles. The number of phosphoric acid groups is 2. The van der Waals surface area contributed by atoms with Crippen molar-refractivity contribution >= 4 is 39.5 Å². The van der Waals surface area contributed by atoms with Gasteiger partial charge in [0.05, 0.1) is 26.4 Å². The molecular weight excluding hydrogens is 1090 g/mol. The zero-order valence-corrected chi connectivity index (χ0v) is 54.4. The molecule has 0 saturated carbocycles. The largest absolute Gasteiger partial charge is 0.472 e. The molecule has 2 unspecified atom stereocenters. The van der Waals surface area contributed by atoms with Crippen molar-refractivity contribution in [3.05, 3.63) is 0 Å². The topological polar surface area (TPSA) is 237 Å². The number of carbonyl (C=O) groups excluding carboxylic acids is 4. The fraction of sp³-hybridized carbons (Fsp3) is 0.937. The Labute approximate surface area is 498 Å². The normalized spacial score (nSPS) is 14.3. The SMILES string of the molecule is CCCCCCCCCCCCCCCC(=O)OC[C@H](COP(=O)(O)OC[C@@H](O)COP(=O)(O)OC[C@@H](COC(=O)CCCCCCCCCC)OC(=O)CCCCCCCCCC)OC(=O)CCCCCCCCCCCCC(C)C. The quantitative estimate of drug-likeness (QED) is 0.0222. The molecule has 19 heteroatoms. The third-order valence-electron chi connectivity index (χ3n) is 14.5. The second kappa shape index (κ2) is 56.8. The maximum absolute atomic E-state index is 13.0. The van der Waals surface area contributed by atoms with Gasteiger partial charge in [0, 0.05) is 25.7 Å². The maximum atomic E-state index is 13.0. The molecule has 486 valence electrons. The van der Waals surface area contributed by atoms with Gasteiger partial charge in [-0.3, -0.25) is 37.3 Å². The molecule has 0 rings (SSSR count). The first kappa shape index (κ1) is 80.1. The van der Waals surface area contributed by atoms with Crippen LogP contribution in [0.2, 0.25) is 0 Å². The number of hydrogen-bond acceptors (Lipinski definition) is 15. The van der Waals surface area contributed by atoms with Crippen molar-refractivity contribution < 1.29 is 80.2 Å². The number of unbranched alkanes of at least 4 members (excludes halogenated alkanes) is 35. The van der Waals surface area contributed by atoms with Crippen LogP contribution >= 0.6 is 15.6 Å². The second-order valence-electron chi connectivity index (χ2n) is 23.3. The zero-order chi connectivity index (χ0) is 60.6. The van der Waals surface area contributed by atoms with Crippen LogP contribution in [0.5, 0.6) is 0 Å². The highest BCUT2D eigenvalue weighted by molar-refractivity contribution is 7.47. The Bertz CT molecular complexity index is 1600. The predicted octanol–water partition coefficient (Wildman–Crippen LogP) is 17.4. The minimum absolute atomic E-state index is 0.105. The van der Waals surface area contributed by atoms with E-state index in [9.17, 15) is 43.2 Å². The molecule has 0 aromatic carbocycles. The second-order valence-corrected chi connectivity index (χ2v) is 26.2. The highest BCUT2D eigenvalue weighted by Crippen LogP contribution is 2.45. The van der Waals surface area contributed by atoms with Crippen molar-refractivity contribution in [3.63, 3.8) is 0 Å². The lowest BCUT2D eigenvalue weighted by molar-refractivity contribution is -0.161. The van der Waals surface area contributed by atoms with E-state index in [0.29, 0.717) is 25.7 Å². The molecule has 0 heterocycles.